The molecule has 5 rings (SSSR count). The van der Waals surface area contributed by atoms with E-state index in [4.69, 9.17) is 0 Å². The van der Waals surface area contributed by atoms with Gasteiger partial charge in [0.15, 0.2) is 0 Å². The van der Waals surface area contributed by atoms with E-state index in [0.717, 1.165) is 25.8 Å². The van der Waals surface area contributed by atoms with Crippen molar-refractivity contribution >= 4 is 23.2 Å². The monoisotopic (exact) mass is 423 g/mol. The third-order valence-corrected chi connectivity index (χ3v) is 8.01. The predicted octanol–water partition coefficient (Wildman–Crippen LogP) is 4.18. The van der Waals surface area contributed by atoms with E-state index in [1.54, 1.807) is 23.6 Å². The number of hydrogen-bond acceptors (Lipinski definition) is 4. The third kappa shape index (κ3) is 3.66. The van der Waals surface area contributed by atoms with E-state index >= 15 is 0 Å². The van der Waals surface area contributed by atoms with E-state index in [2.05, 4.69) is 26.7 Å². The Balaban J connectivity index is 1.38. The molecule has 3 atom stereocenters. The summed E-state index contributed by atoms with van der Waals surface area (Å²) in [6.07, 6.45) is 8.24. The van der Waals surface area contributed by atoms with Gasteiger partial charge < -0.3 is 9.80 Å². The second-order valence-corrected chi connectivity index (χ2v) is 9.75. The molecule has 0 spiro atoms. The molecule has 2 aromatic rings. The maximum Gasteiger partial charge on any atom is 0.272 e. The van der Waals surface area contributed by atoms with Crippen LogP contribution in [0.25, 0.3) is 0 Å². The zero-order valence-corrected chi connectivity index (χ0v) is 18.1. The number of aromatic nitrogens is 1. The lowest BCUT2D eigenvalue weighted by Gasteiger charge is -2.39. The molecular weight excluding hydrogens is 394 g/mol. The molecule has 3 fully saturated rings. The molecule has 0 unspecified atom stereocenters. The number of likely N-dealkylation sites (tertiary alicyclic amines) is 2. The number of amides is 2. The summed E-state index contributed by atoms with van der Waals surface area (Å²) >= 11 is 1.71. The lowest BCUT2D eigenvalue weighted by atomic mass is 9.82. The lowest BCUT2D eigenvalue weighted by Crippen LogP contribution is -2.50. The SMILES string of the molecule is O=C(c1ccccn1)N1CC[C@@H]2[C@H](C1)[C@@H](c1ccsc1)CN2C(=O)C1CCCCC1. The summed E-state index contributed by atoms with van der Waals surface area (Å²) in [6.45, 7) is 2.20. The van der Waals surface area contributed by atoms with Crippen LogP contribution in [-0.2, 0) is 4.79 Å². The highest BCUT2D eigenvalue weighted by atomic mass is 32.1. The minimum atomic E-state index is 0.00942. The van der Waals surface area contributed by atoms with Crippen LogP contribution in [0.3, 0.4) is 0 Å². The Morgan fingerprint density at radius 2 is 1.90 bits per heavy atom. The van der Waals surface area contributed by atoms with Gasteiger partial charge in [-0.1, -0.05) is 25.3 Å². The highest BCUT2D eigenvalue weighted by Crippen LogP contribution is 2.43. The Morgan fingerprint density at radius 3 is 2.63 bits per heavy atom. The highest BCUT2D eigenvalue weighted by molar-refractivity contribution is 7.08. The van der Waals surface area contributed by atoms with Crippen LogP contribution in [0.1, 0.15) is 60.5 Å². The third-order valence-electron chi connectivity index (χ3n) is 7.31. The van der Waals surface area contributed by atoms with Gasteiger partial charge in [-0.2, -0.15) is 11.3 Å². The largest absolute Gasteiger partial charge is 0.338 e. The fourth-order valence-electron chi connectivity index (χ4n) is 5.75. The van der Waals surface area contributed by atoms with Crippen molar-refractivity contribution in [3.63, 3.8) is 0 Å². The maximum atomic E-state index is 13.4. The molecule has 1 saturated carbocycles. The van der Waals surface area contributed by atoms with Crippen LogP contribution >= 0.6 is 11.3 Å². The number of pyridine rings is 1. The molecule has 2 amide bonds. The summed E-state index contributed by atoms with van der Waals surface area (Å²) < 4.78 is 0. The molecule has 0 aromatic carbocycles. The van der Waals surface area contributed by atoms with Crippen molar-refractivity contribution in [2.45, 2.75) is 50.5 Å². The van der Waals surface area contributed by atoms with Gasteiger partial charge in [-0.15, -0.1) is 0 Å². The molecule has 2 aliphatic heterocycles. The summed E-state index contributed by atoms with van der Waals surface area (Å²) in [7, 11) is 0. The van der Waals surface area contributed by atoms with Crippen molar-refractivity contribution in [2.75, 3.05) is 19.6 Å². The van der Waals surface area contributed by atoms with E-state index in [9.17, 15) is 9.59 Å². The van der Waals surface area contributed by atoms with Gasteiger partial charge in [-0.05, 0) is 53.8 Å². The van der Waals surface area contributed by atoms with Crippen molar-refractivity contribution in [3.05, 3.63) is 52.5 Å². The van der Waals surface area contributed by atoms with Crippen LogP contribution in [0.15, 0.2) is 41.2 Å². The quantitative estimate of drug-likeness (QED) is 0.744. The number of rotatable bonds is 3. The number of piperidine rings is 1. The summed E-state index contributed by atoms with van der Waals surface area (Å²) in [5, 5.41) is 4.34. The van der Waals surface area contributed by atoms with Gasteiger partial charge in [0.2, 0.25) is 5.91 Å². The molecular formula is C24H29N3O2S. The average molecular weight is 424 g/mol. The summed E-state index contributed by atoms with van der Waals surface area (Å²) in [5.74, 6) is 1.19. The second kappa shape index (κ2) is 8.50. The number of fused-ring (bicyclic) bond motifs is 1. The van der Waals surface area contributed by atoms with Gasteiger partial charge in [-0.25, -0.2) is 0 Å². The van der Waals surface area contributed by atoms with E-state index in [1.165, 1.54) is 24.8 Å². The minimum absolute atomic E-state index is 0.00942. The Morgan fingerprint density at radius 1 is 1.03 bits per heavy atom. The van der Waals surface area contributed by atoms with Crippen molar-refractivity contribution in [1.82, 2.24) is 14.8 Å². The molecule has 2 aromatic heterocycles. The molecule has 6 heteroatoms. The fourth-order valence-corrected chi connectivity index (χ4v) is 6.47. The molecule has 0 bridgehead atoms. The maximum absolute atomic E-state index is 13.4. The van der Waals surface area contributed by atoms with Gasteiger partial charge in [0.25, 0.3) is 5.91 Å². The molecule has 4 heterocycles. The second-order valence-electron chi connectivity index (χ2n) is 8.97. The molecule has 30 heavy (non-hydrogen) atoms. The van der Waals surface area contributed by atoms with Crippen LogP contribution in [0, 0.1) is 11.8 Å². The first-order valence-corrected chi connectivity index (χ1v) is 12.2. The Labute approximate surface area is 182 Å². The Hall–Kier alpha value is -2.21. The number of carbonyl (C=O) groups excluding carboxylic acids is 2. The zero-order valence-electron chi connectivity index (χ0n) is 17.3. The van der Waals surface area contributed by atoms with Crippen molar-refractivity contribution in [2.24, 2.45) is 11.8 Å². The van der Waals surface area contributed by atoms with Gasteiger partial charge in [0, 0.05) is 49.6 Å². The van der Waals surface area contributed by atoms with E-state index in [-0.39, 0.29) is 17.9 Å². The molecule has 3 aliphatic rings. The highest BCUT2D eigenvalue weighted by Gasteiger charge is 2.48. The van der Waals surface area contributed by atoms with Crippen LogP contribution in [0.4, 0.5) is 0 Å². The molecule has 0 N–H and O–H groups in total. The van der Waals surface area contributed by atoms with Crippen LogP contribution < -0.4 is 0 Å². The molecule has 5 nitrogen and oxygen atoms in total. The first-order chi connectivity index (χ1) is 14.7. The van der Waals surface area contributed by atoms with Gasteiger partial charge in [-0.3, -0.25) is 14.6 Å². The molecule has 0 radical (unpaired) electrons. The fraction of sp³-hybridized carbons (Fsp3) is 0.542. The average Bonchev–Trinajstić information content (AvgIpc) is 3.47. The predicted molar refractivity (Wildman–Crippen MR) is 117 cm³/mol. The number of hydrogen-bond donors (Lipinski definition) is 0. The van der Waals surface area contributed by atoms with Crippen molar-refractivity contribution in [1.29, 1.82) is 0 Å². The van der Waals surface area contributed by atoms with E-state index in [1.807, 2.05) is 17.0 Å². The lowest BCUT2D eigenvalue weighted by molar-refractivity contribution is -0.138. The summed E-state index contributed by atoms with van der Waals surface area (Å²) in [5.41, 5.74) is 1.83. The minimum Gasteiger partial charge on any atom is -0.338 e. The molecule has 158 valence electrons. The Bertz CT molecular complexity index is 879. The first-order valence-electron chi connectivity index (χ1n) is 11.3. The molecule has 2 saturated heterocycles. The van der Waals surface area contributed by atoms with Crippen LogP contribution in [-0.4, -0.2) is 52.3 Å². The van der Waals surface area contributed by atoms with Crippen LogP contribution in [0.2, 0.25) is 0 Å². The number of thiophene rings is 1. The van der Waals surface area contributed by atoms with Crippen LogP contribution in [0.5, 0.6) is 0 Å². The molecule has 1 aliphatic carbocycles. The Kier molecular flexibility index (Phi) is 5.59. The number of carbonyl (C=O) groups is 2. The topological polar surface area (TPSA) is 53.5 Å². The summed E-state index contributed by atoms with van der Waals surface area (Å²) in [4.78, 5) is 34.9. The van der Waals surface area contributed by atoms with E-state index in [0.29, 0.717) is 36.5 Å². The van der Waals surface area contributed by atoms with Crippen molar-refractivity contribution in [3.8, 4) is 0 Å². The zero-order chi connectivity index (χ0) is 20.5. The summed E-state index contributed by atoms with van der Waals surface area (Å²) in [6, 6.07) is 7.93. The van der Waals surface area contributed by atoms with Crippen molar-refractivity contribution < 1.29 is 9.59 Å². The number of nitrogens with zero attached hydrogens (tertiary/aromatic N) is 3. The van der Waals surface area contributed by atoms with Gasteiger partial charge >= 0.3 is 0 Å². The van der Waals surface area contributed by atoms with E-state index < -0.39 is 0 Å². The van der Waals surface area contributed by atoms with Gasteiger partial charge in [0.1, 0.15) is 5.69 Å². The first kappa shape index (κ1) is 19.7. The smallest absolute Gasteiger partial charge is 0.272 e. The normalized spacial score (nSPS) is 27.1. The van der Waals surface area contributed by atoms with Gasteiger partial charge in [0.05, 0.1) is 0 Å². The standard InChI is InChI=1S/C24H29N3O2S/c28-23(17-6-2-1-3-7-17)27-15-19(18-10-13-30-16-18)20-14-26(12-9-22(20)27)24(29)21-8-4-5-11-25-21/h4-5,8,10-11,13,16-17,19-20,22H,1-3,6-7,9,12,14-15H2/t19-,20-,22-/m1/s1.